The molecule has 0 saturated heterocycles. The van der Waals surface area contributed by atoms with Gasteiger partial charge in [0.05, 0.1) is 6.61 Å². The first-order chi connectivity index (χ1) is 5.83. The summed E-state index contributed by atoms with van der Waals surface area (Å²) in [5, 5.41) is 3.51. The first kappa shape index (κ1) is 10.7. The summed E-state index contributed by atoms with van der Waals surface area (Å²) in [5.74, 6) is 0. The molecule has 1 aliphatic rings. The van der Waals surface area contributed by atoms with Crippen LogP contribution in [0, 0.1) is 0 Å². The van der Waals surface area contributed by atoms with Gasteiger partial charge in [-0.15, -0.1) is 0 Å². The lowest BCUT2D eigenvalue weighted by molar-refractivity contribution is 0.192. The molecular formula is C9H18INO. The molecule has 0 aromatic carbocycles. The van der Waals surface area contributed by atoms with Crippen LogP contribution in [0.2, 0.25) is 0 Å². The predicted octanol–water partition coefficient (Wildman–Crippen LogP) is 1.97. The summed E-state index contributed by atoms with van der Waals surface area (Å²) in [5.41, 5.74) is 0. The van der Waals surface area contributed by atoms with Crippen LogP contribution in [0.15, 0.2) is 0 Å². The van der Waals surface area contributed by atoms with Gasteiger partial charge < -0.3 is 10.1 Å². The summed E-state index contributed by atoms with van der Waals surface area (Å²) in [6, 6.07) is 0.756. The minimum Gasteiger partial charge on any atom is -0.383 e. The summed E-state index contributed by atoms with van der Waals surface area (Å²) in [6.07, 6.45) is 5.45. The van der Waals surface area contributed by atoms with E-state index in [-0.39, 0.29) is 0 Å². The Morgan fingerprint density at radius 1 is 1.33 bits per heavy atom. The number of halogens is 1. The molecule has 0 atom stereocenters. The summed E-state index contributed by atoms with van der Waals surface area (Å²) < 4.78 is 5.91. The molecule has 1 fully saturated rings. The zero-order valence-electron chi connectivity index (χ0n) is 7.68. The molecule has 0 unspecified atom stereocenters. The Morgan fingerprint density at radius 3 is 2.58 bits per heavy atom. The highest BCUT2D eigenvalue weighted by Gasteiger charge is 2.17. The van der Waals surface area contributed by atoms with Crippen LogP contribution in [0.5, 0.6) is 0 Å². The van der Waals surface area contributed by atoms with Crippen LogP contribution in [-0.4, -0.2) is 30.2 Å². The van der Waals surface area contributed by atoms with Crippen LogP contribution in [-0.2, 0) is 4.74 Å². The SMILES string of the molecule is COCCN[C@H]1CC[C@H](I)CC1. The Labute approximate surface area is 88.6 Å². The molecule has 72 valence electrons. The molecule has 0 aromatic rings. The third kappa shape index (κ3) is 4.05. The van der Waals surface area contributed by atoms with E-state index < -0.39 is 0 Å². The highest BCUT2D eigenvalue weighted by atomic mass is 127. The average molecular weight is 283 g/mol. The second-order valence-electron chi connectivity index (χ2n) is 3.40. The highest BCUT2D eigenvalue weighted by Crippen LogP contribution is 2.24. The van der Waals surface area contributed by atoms with Gasteiger partial charge in [0.15, 0.2) is 0 Å². The van der Waals surface area contributed by atoms with Crippen molar-refractivity contribution in [3.63, 3.8) is 0 Å². The fourth-order valence-corrected chi connectivity index (χ4v) is 2.34. The quantitative estimate of drug-likeness (QED) is 0.484. The smallest absolute Gasteiger partial charge is 0.0587 e. The average Bonchev–Trinajstić information content (AvgIpc) is 2.09. The fraction of sp³-hybridized carbons (Fsp3) is 1.00. The Kier molecular flexibility index (Phi) is 5.50. The van der Waals surface area contributed by atoms with Crippen LogP contribution in [0.25, 0.3) is 0 Å². The molecule has 0 aliphatic heterocycles. The summed E-state index contributed by atoms with van der Waals surface area (Å²) in [4.78, 5) is 0. The van der Waals surface area contributed by atoms with Crippen molar-refractivity contribution >= 4 is 22.6 Å². The van der Waals surface area contributed by atoms with Gasteiger partial charge >= 0.3 is 0 Å². The van der Waals surface area contributed by atoms with Crippen molar-refractivity contribution in [2.45, 2.75) is 35.6 Å². The maximum Gasteiger partial charge on any atom is 0.0587 e. The van der Waals surface area contributed by atoms with Crippen molar-refractivity contribution in [1.82, 2.24) is 5.32 Å². The maximum atomic E-state index is 4.99. The lowest BCUT2D eigenvalue weighted by Gasteiger charge is -2.25. The molecule has 2 nitrogen and oxygen atoms in total. The first-order valence-corrected chi connectivity index (χ1v) is 5.94. The van der Waals surface area contributed by atoms with Crippen LogP contribution >= 0.6 is 22.6 Å². The highest BCUT2D eigenvalue weighted by molar-refractivity contribution is 14.1. The van der Waals surface area contributed by atoms with E-state index >= 15 is 0 Å². The normalized spacial score (nSPS) is 30.5. The van der Waals surface area contributed by atoms with E-state index in [2.05, 4.69) is 27.9 Å². The van der Waals surface area contributed by atoms with Gasteiger partial charge in [-0.25, -0.2) is 0 Å². The lowest BCUT2D eigenvalue weighted by Crippen LogP contribution is -2.35. The largest absolute Gasteiger partial charge is 0.383 e. The zero-order chi connectivity index (χ0) is 8.81. The van der Waals surface area contributed by atoms with E-state index in [1.807, 2.05) is 0 Å². The first-order valence-electron chi connectivity index (χ1n) is 4.69. The maximum absolute atomic E-state index is 4.99. The van der Waals surface area contributed by atoms with Crippen molar-refractivity contribution in [2.24, 2.45) is 0 Å². The molecule has 1 saturated carbocycles. The standard InChI is InChI=1S/C9H18INO/c1-12-7-6-11-9-4-2-8(10)3-5-9/h8-9,11H,2-7H2,1H3/t8-,9-. The van der Waals surface area contributed by atoms with Gasteiger partial charge in [-0.3, -0.25) is 0 Å². The van der Waals surface area contributed by atoms with E-state index in [1.165, 1.54) is 25.7 Å². The van der Waals surface area contributed by atoms with Gasteiger partial charge in [0.2, 0.25) is 0 Å². The van der Waals surface area contributed by atoms with Crippen molar-refractivity contribution in [3.05, 3.63) is 0 Å². The van der Waals surface area contributed by atoms with Crippen LogP contribution in [0.3, 0.4) is 0 Å². The van der Waals surface area contributed by atoms with E-state index in [9.17, 15) is 0 Å². The van der Waals surface area contributed by atoms with Gasteiger partial charge in [0, 0.05) is 23.6 Å². The fourth-order valence-electron chi connectivity index (χ4n) is 1.62. The van der Waals surface area contributed by atoms with Crippen molar-refractivity contribution in [2.75, 3.05) is 20.3 Å². The Bertz CT molecular complexity index is 113. The van der Waals surface area contributed by atoms with Gasteiger partial charge in [0.1, 0.15) is 0 Å². The van der Waals surface area contributed by atoms with Gasteiger partial charge in [-0.05, 0) is 25.7 Å². The minimum absolute atomic E-state index is 0.756. The third-order valence-corrected chi connectivity index (χ3v) is 3.64. The van der Waals surface area contributed by atoms with Crippen molar-refractivity contribution in [3.8, 4) is 0 Å². The zero-order valence-corrected chi connectivity index (χ0v) is 9.84. The Balaban J connectivity index is 2.01. The molecular weight excluding hydrogens is 265 g/mol. The van der Waals surface area contributed by atoms with Crippen molar-refractivity contribution < 1.29 is 4.74 Å². The molecule has 3 heteroatoms. The minimum atomic E-state index is 0.756. The van der Waals surface area contributed by atoms with E-state index in [0.29, 0.717) is 0 Å². The number of nitrogens with one attached hydrogen (secondary N) is 1. The predicted molar refractivity (Wildman–Crippen MR) is 59.9 cm³/mol. The molecule has 0 heterocycles. The van der Waals surface area contributed by atoms with Crippen LogP contribution < -0.4 is 5.32 Å². The number of methoxy groups -OCH3 is 1. The molecule has 0 bridgehead atoms. The molecule has 0 radical (unpaired) electrons. The third-order valence-electron chi connectivity index (χ3n) is 2.40. The topological polar surface area (TPSA) is 21.3 Å². The van der Waals surface area contributed by atoms with Gasteiger partial charge in [-0.1, -0.05) is 22.6 Å². The van der Waals surface area contributed by atoms with Crippen LogP contribution in [0.4, 0.5) is 0 Å². The summed E-state index contributed by atoms with van der Waals surface area (Å²) in [6.45, 7) is 1.84. The second-order valence-corrected chi connectivity index (χ2v) is 5.16. The Morgan fingerprint density at radius 2 is 2.00 bits per heavy atom. The monoisotopic (exact) mass is 283 g/mol. The number of hydrogen-bond acceptors (Lipinski definition) is 2. The van der Waals surface area contributed by atoms with Gasteiger partial charge in [-0.2, -0.15) is 0 Å². The lowest BCUT2D eigenvalue weighted by atomic mass is 9.95. The molecule has 1 aliphatic carbocycles. The molecule has 0 spiro atoms. The van der Waals surface area contributed by atoms with Crippen molar-refractivity contribution in [1.29, 1.82) is 0 Å². The number of alkyl halides is 1. The summed E-state index contributed by atoms with van der Waals surface area (Å²) in [7, 11) is 1.75. The molecule has 1 N–H and O–H groups in total. The second kappa shape index (κ2) is 6.16. The number of ether oxygens (including phenoxy) is 1. The molecule has 12 heavy (non-hydrogen) atoms. The molecule has 0 amide bonds. The Hall–Kier alpha value is 0.650. The van der Waals surface area contributed by atoms with E-state index in [1.54, 1.807) is 7.11 Å². The molecule has 0 aromatic heterocycles. The van der Waals surface area contributed by atoms with E-state index in [0.717, 1.165) is 23.1 Å². The van der Waals surface area contributed by atoms with Crippen LogP contribution in [0.1, 0.15) is 25.7 Å². The summed E-state index contributed by atoms with van der Waals surface area (Å²) >= 11 is 2.56. The number of rotatable bonds is 4. The molecule has 1 rings (SSSR count). The van der Waals surface area contributed by atoms with Gasteiger partial charge in [0.25, 0.3) is 0 Å². The number of hydrogen-bond donors (Lipinski definition) is 1. The van der Waals surface area contributed by atoms with E-state index in [4.69, 9.17) is 4.74 Å².